The zero-order chi connectivity index (χ0) is 56.2. The Hall–Kier alpha value is -5.60. The minimum atomic E-state index is -3.19. The van der Waals surface area contributed by atoms with Gasteiger partial charge in [-0.25, -0.2) is 97.8 Å². The van der Waals surface area contributed by atoms with Crippen molar-refractivity contribution in [2.45, 2.75) is 0 Å². The van der Waals surface area contributed by atoms with Gasteiger partial charge in [0, 0.05) is 22.3 Å². The lowest BCUT2D eigenvalue weighted by molar-refractivity contribution is 0.376. The van der Waals surface area contributed by atoms with Crippen LogP contribution in [-0.4, -0.2) is 19.9 Å². The Morgan fingerprint density at radius 3 is 0.789 bits per heavy atom. The fourth-order valence-corrected chi connectivity index (χ4v) is 10.1. The van der Waals surface area contributed by atoms with Crippen molar-refractivity contribution >= 4 is 136 Å². The molecule has 0 fully saturated rings. The molecule has 9 rings (SSSR count). The summed E-state index contributed by atoms with van der Waals surface area (Å²) in [5.41, 5.74) is -31.2. The van der Waals surface area contributed by atoms with Crippen LogP contribution >= 0.6 is 92.8 Å². The van der Waals surface area contributed by atoms with E-state index in [0.29, 0.717) is 0 Å². The van der Waals surface area contributed by atoms with E-state index in [0.717, 1.165) is 0 Å². The summed E-state index contributed by atoms with van der Waals surface area (Å²) >= 11 is 52.3. The Morgan fingerprint density at radius 1 is 0.211 bits per heavy atom. The van der Waals surface area contributed by atoms with Crippen molar-refractivity contribution in [1.82, 2.24) is 19.9 Å². The van der Waals surface area contributed by atoms with E-state index in [2.05, 4.69) is 15.0 Å². The summed E-state index contributed by atoms with van der Waals surface area (Å²) in [6.45, 7) is 0. The number of hydrogen-bond acceptors (Lipinski definition) is 2. The molecule has 8 bridgehead atoms. The first kappa shape index (κ1) is 55.2. The molecule has 0 aliphatic carbocycles. The van der Waals surface area contributed by atoms with Crippen molar-refractivity contribution in [3.05, 3.63) is 170 Å². The van der Waals surface area contributed by atoms with E-state index in [9.17, 15) is 17.6 Å². The number of fused-ring (bicyclic) bond motifs is 8. The Balaban J connectivity index is 1.81. The number of nitrogens with zero attached hydrogens (tertiary/aromatic N) is 2. The van der Waals surface area contributed by atoms with Gasteiger partial charge in [-0.1, -0.05) is 92.8 Å². The lowest BCUT2D eigenvalue weighted by atomic mass is 9.89. The van der Waals surface area contributed by atoms with Gasteiger partial charge in [0.1, 0.15) is 17.1 Å². The van der Waals surface area contributed by atoms with Gasteiger partial charge < -0.3 is 9.97 Å². The number of rotatable bonds is 4. The number of aromatic nitrogens is 4. The van der Waals surface area contributed by atoms with E-state index >= 15 is 70.2 Å². The average Bonchev–Trinajstić information content (AvgIpc) is 4.11. The maximum Gasteiger partial charge on any atom is 0.200 e. The standard InChI is InChI=1S/C44H2Cl8F20N4/c45-9-3(6-21(57)29(65)35(71)30(66)22(6)58)38-8(7-23(59)31(67)36(72)32(68)24(7)60)37-1(4-17(53)25(61)33(69)26(62)18(4)54)2(5-19(55)27(63)34(70)28(64)20(5)56)39(73-37)14(50)41-10(46)11(47)43(75-41)16(52)44-13(49)12(48)42(76-44)15(51)40(9)74-38/h73,76H. The van der Waals surface area contributed by atoms with E-state index in [1.165, 1.54) is 0 Å². The van der Waals surface area contributed by atoms with Gasteiger partial charge in [0.2, 0.25) is 23.3 Å². The van der Waals surface area contributed by atoms with E-state index in [-0.39, 0.29) is 0 Å². The molecule has 0 atom stereocenters. The van der Waals surface area contributed by atoms with Gasteiger partial charge in [0.15, 0.2) is 93.1 Å². The predicted molar refractivity (Wildman–Crippen MR) is 238 cm³/mol. The highest BCUT2D eigenvalue weighted by Gasteiger charge is 2.42. The first-order valence-corrected chi connectivity index (χ1v) is 22.2. The maximum atomic E-state index is 16.8. The van der Waals surface area contributed by atoms with E-state index < -0.39 is 246 Å². The number of halogens is 28. The van der Waals surface area contributed by atoms with Gasteiger partial charge in [-0.05, 0) is 0 Å². The van der Waals surface area contributed by atoms with Crippen molar-refractivity contribution in [2.24, 2.45) is 0 Å². The SMILES string of the molecule is Fc1c(F)c(F)c(C2=C(Cl)c3nc2c(-c2c(F)c(F)c(F)c(F)c2F)c2[nH]c(c(Cl)c4nc(c(Cl)c5[nH]c(c3Cl)c(Cl)c5Cl)C(Cl)=C4Cl)c(-c3c(F)c(F)c(F)c(F)c3F)c2-c2c(F)c(F)c(F)c(F)c2F)c(F)c1F. The maximum absolute atomic E-state index is 16.8. The van der Waals surface area contributed by atoms with E-state index in [1.54, 1.807) is 4.98 Å². The minimum Gasteiger partial charge on any atom is -0.353 e. The molecule has 0 saturated heterocycles. The molecule has 76 heavy (non-hydrogen) atoms. The Kier molecular flexibility index (Phi) is 13.9. The molecule has 4 nitrogen and oxygen atoms in total. The molecule has 2 aliphatic rings. The summed E-state index contributed by atoms with van der Waals surface area (Å²) in [6, 6.07) is 0. The molecule has 0 radical (unpaired) electrons. The summed E-state index contributed by atoms with van der Waals surface area (Å²) in [5, 5.41) is -8.86. The lowest BCUT2D eigenvalue weighted by Gasteiger charge is -2.17. The van der Waals surface area contributed by atoms with E-state index in [1.807, 2.05) is 0 Å². The molecule has 0 amide bonds. The van der Waals surface area contributed by atoms with Crippen LogP contribution < -0.4 is 0 Å². The van der Waals surface area contributed by atoms with Crippen LogP contribution in [0.4, 0.5) is 87.8 Å². The van der Waals surface area contributed by atoms with Crippen LogP contribution in [0.1, 0.15) is 28.3 Å². The fraction of sp³-hybridized carbons (Fsp3) is 0. The molecular weight excluding hydrogens is 1250 g/mol. The molecule has 32 heteroatoms. The second-order valence-corrected chi connectivity index (χ2v) is 18.2. The van der Waals surface area contributed by atoms with Gasteiger partial charge in [-0.3, -0.25) is 0 Å². The lowest BCUT2D eigenvalue weighted by Crippen LogP contribution is -2.10. The van der Waals surface area contributed by atoms with E-state index in [4.69, 9.17) is 92.8 Å². The number of nitrogens with one attached hydrogen (secondary N) is 2. The normalized spacial score (nSPS) is 12.9. The molecule has 3 aromatic heterocycles. The van der Waals surface area contributed by atoms with Crippen molar-refractivity contribution in [1.29, 1.82) is 0 Å². The molecule has 0 spiro atoms. The third kappa shape index (κ3) is 7.58. The minimum absolute atomic E-state index is 0.665. The summed E-state index contributed by atoms with van der Waals surface area (Å²) in [4.78, 5) is 11.8. The van der Waals surface area contributed by atoms with Gasteiger partial charge in [0.25, 0.3) is 0 Å². The highest BCUT2D eigenvalue weighted by Crippen LogP contribution is 2.55. The highest BCUT2D eigenvalue weighted by atomic mass is 35.5. The van der Waals surface area contributed by atoms with Crippen LogP contribution in [0.25, 0.3) is 76.1 Å². The molecule has 0 unspecified atom stereocenters. The Morgan fingerprint density at radius 2 is 0.447 bits per heavy atom. The molecule has 4 aromatic carbocycles. The molecule has 394 valence electrons. The molecular formula is C44H2Cl8F20N4. The topological polar surface area (TPSA) is 57.4 Å². The van der Waals surface area contributed by atoms with Crippen LogP contribution in [0.2, 0.25) is 25.1 Å². The number of H-pyrrole nitrogens is 2. The molecule has 2 N–H and O–H groups in total. The first-order valence-electron chi connectivity index (χ1n) is 19.2. The number of aromatic amines is 2. The quantitative estimate of drug-likeness (QED) is 0.105. The third-order valence-corrected chi connectivity index (χ3v) is 14.4. The second-order valence-electron chi connectivity index (χ2n) is 15.2. The van der Waals surface area contributed by atoms with Gasteiger partial charge in [-0.15, -0.1) is 0 Å². The molecule has 5 heterocycles. The second kappa shape index (κ2) is 19.1. The summed E-state index contributed by atoms with van der Waals surface area (Å²) in [7, 11) is 0. The largest absolute Gasteiger partial charge is 0.353 e. The molecule has 7 aromatic rings. The van der Waals surface area contributed by atoms with Crippen LogP contribution in [0, 0.1) is 116 Å². The van der Waals surface area contributed by atoms with Gasteiger partial charge >= 0.3 is 0 Å². The zero-order valence-corrected chi connectivity index (χ0v) is 40.5. The smallest absolute Gasteiger partial charge is 0.200 e. The van der Waals surface area contributed by atoms with Crippen LogP contribution in [0.3, 0.4) is 0 Å². The van der Waals surface area contributed by atoms with Crippen LogP contribution in [0.15, 0.2) is 0 Å². The average molecular weight is 1250 g/mol. The fourth-order valence-electron chi connectivity index (χ4n) is 7.83. The van der Waals surface area contributed by atoms with Gasteiger partial charge in [-0.2, -0.15) is 0 Å². The molecule has 2 aliphatic heterocycles. The van der Waals surface area contributed by atoms with Gasteiger partial charge in [0.05, 0.1) is 90.2 Å². The predicted octanol–water partition coefficient (Wildman–Crippen LogP) is 18.8. The van der Waals surface area contributed by atoms with Crippen molar-refractivity contribution in [3.63, 3.8) is 0 Å². The zero-order valence-electron chi connectivity index (χ0n) is 34.5. The van der Waals surface area contributed by atoms with Crippen LogP contribution in [-0.2, 0) is 0 Å². The van der Waals surface area contributed by atoms with Crippen molar-refractivity contribution < 1.29 is 87.8 Å². The summed E-state index contributed by atoms with van der Waals surface area (Å²) < 4.78 is 315. The van der Waals surface area contributed by atoms with Crippen molar-refractivity contribution in [3.8, 4) is 33.4 Å². The first-order chi connectivity index (χ1) is 35.4. The summed E-state index contributed by atoms with van der Waals surface area (Å²) in [5.74, 6) is -62.2. The highest BCUT2D eigenvalue weighted by molar-refractivity contribution is 6.67. The van der Waals surface area contributed by atoms with Crippen LogP contribution in [0.5, 0.6) is 0 Å². The number of hydrogen-bond donors (Lipinski definition) is 2. The Bertz CT molecular complexity index is 4060. The number of benzene rings is 4. The monoisotopic (exact) mass is 1250 g/mol. The summed E-state index contributed by atoms with van der Waals surface area (Å²) in [6.07, 6.45) is 0. The Labute approximate surface area is 444 Å². The molecule has 0 saturated carbocycles. The van der Waals surface area contributed by atoms with Crippen molar-refractivity contribution in [2.75, 3.05) is 0 Å². The third-order valence-electron chi connectivity index (χ3n) is 11.2.